The Morgan fingerprint density at radius 3 is 2.62 bits per heavy atom. The van der Waals surface area contributed by atoms with Crippen LogP contribution in [0.5, 0.6) is 0 Å². The van der Waals surface area contributed by atoms with Gasteiger partial charge >= 0.3 is 6.03 Å². The molecule has 0 radical (unpaired) electrons. The van der Waals surface area contributed by atoms with Gasteiger partial charge in [-0.25, -0.2) is 4.79 Å². The van der Waals surface area contributed by atoms with Gasteiger partial charge in [-0.1, -0.05) is 63.9 Å². The molecule has 0 fully saturated rings. The minimum atomic E-state index is -0.443. The fourth-order valence-corrected chi connectivity index (χ4v) is 3.99. The number of anilines is 2. The monoisotopic (exact) mass is 469 g/mol. The van der Waals surface area contributed by atoms with Gasteiger partial charge in [0.05, 0.1) is 6.04 Å². The number of amides is 3. The number of hydrogen-bond donors (Lipinski definition) is 2. The molecule has 0 aromatic heterocycles. The highest BCUT2D eigenvalue weighted by atomic mass is 79.9. The lowest BCUT2D eigenvalue weighted by Crippen LogP contribution is -2.41. The lowest BCUT2D eigenvalue weighted by molar-refractivity contribution is -0.116. The predicted octanol–water partition coefficient (Wildman–Crippen LogP) is 5.68. The normalized spacial score (nSPS) is 15.9. The van der Waals surface area contributed by atoms with Crippen LogP contribution >= 0.6 is 27.5 Å². The van der Waals surface area contributed by atoms with E-state index < -0.39 is 6.04 Å². The number of carbonyl (C=O) groups is 2. The molecule has 3 aromatic rings. The Morgan fingerprint density at radius 1 is 1.07 bits per heavy atom. The Hall–Kier alpha value is -2.83. The summed E-state index contributed by atoms with van der Waals surface area (Å²) in [5, 5.41) is 6.28. The molecule has 0 spiro atoms. The molecule has 1 unspecified atom stereocenters. The topological polar surface area (TPSA) is 61.4 Å². The van der Waals surface area contributed by atoms with Gasteiger partial charge in [0.2, 0.25) is 5.91 Å². The lowest BCUT2D eigenvalue weighted by atomic mass is 9.96. The first-order valence-corrected chi connectivity index (χ1v) is 10.2. The van der Waals surface area contributed by atoms with Crippen molar-refractivity contribution in [1.29, 1.82) is 0 Å². The fraction of sp³-hybridized carbons (Fsp3) is 0.0909. The first kappa shape index (κ1) is 19.5. The average molecular weight is 471 g/mol. The third-order valence-electron chi connectivity index (χ3n) is 4.66. The number of halogens is 2. The summed E-state index contributed by atoms with van der Waals surface area (Å²) in [5.41, 5.74) is 2.99. The maximum absolute atomic E-state index is 13.2. The fourth-order valence-electron chi connectivity index (χ4n) is 3.42. The van der Waals surface area contributed by atoms with Crippen LogP contribution in [-0.2, 0) is 4.79 Å². The summed E-state index contributed by atoms with van der Waals surface area (Å²) in [5.74, 6) is -0.256. The summed E-state index contributed by atoms with van der Waals surface area (Å²) in [6, 6.07) is 21.4. The van der Waals surface area contributed by atoms with Gasteiger partial charge in [0.1, 0.15) is 6.54 Å². The molecular formula is C22H17BrClN3O2. The second-order valence-corrected chi connectivity index (χ2v) is 8.01. The summed E-state index contributed by atoms with van der Waals surface area (Å²) in [7, 11) is 0. The van der Waals surface area contributed by atoms with Crippen molar-refractivity contribution < 1.29 is 9.59 Å². The number of nitrogens with one attached hydrogen (secondary N) is 2. The van der Waals surface area contributed by atoms with Gasteiger partial charge < -0.3 is 15.5 Å². The second-order valence-electron chi connectivity index (χ2n) is 6.66. The standard InChI is InChI=1S/C22H17BrClN3O2/c23-15-9-10-19-18(11-15)21(14-5-2-1-3-6-14)27(13-20(28)26-19)22(29)25-17-8-4-7-16(24)12-17/h1-12,21H,13H2,(H,25,29)(H,26,28). The summed E-state index contributed by atoms with van der Waals surface area (Å²) in [6.07, 6.45) is 0. The van der Waals surface area contributed by atoms with Crippen molar-refractivity contribution in [3.8, 4) is 0 Å². The lowest BCUT2D eigenvalue weighted by Gasteiger charge is -2.30. The van der Waals surface area contributed by atoms with E-state index in [0.717, 1.165) is 15.6 Å². The van der Waals surface area contributed by atoms with E-state index in [1.165, 1.54) is 4.90 Å². The van der Waals surface area contributed by atoms with Crippen molar-refractivity contribution in [2.24, 2.45) is 0 Å². The van der Waals surface area contributed by atoms with Crippen molar-refractivity contribution in [1.82, 2.24) is 4.90 Å². The third kappa shape index (κ3) is 4.28. The number of benzene rings is 3. The summed E-state index contributed by atoms with van der Waals surface area (Å²) >= 11 is 9.54. The van der Waals surface area contributed by atoms with E-state index in [0.29, 0.717) is 16.4 Å². The van der Waals surface area contributed by atoms with Crippen molar-refractivity contribution in [3.05, 3.63) is 93.4 Å². The largest absolute Gasteiger partial charge is 0.324 e. The highest BCUT2D eigenvalue weighted by Crippen LogP contribution is 2.37. The first-order chi connectivity index (χ1) is 14.0. The molecule has 1 aliphatic heterocycles. The van der Waals surface area contributed by atoms with E-state index in [1.54, 1.807) is 24.3 Å². The molecule has 0 aliphatic carbocycles. The number of hydrogen-bond acceptors (Lipinski definition) is 2. The SMILES string of the molecule is O=C1CN(C(=O)Nc2cccc(Cl)c2)C(c2ccccc2)c2cc(Br)ccc2N1. The molecule has 3 amide bonds. The Bertz CT molecular complexity index is 1070. The van der Waals surface area contributed by atoms with Crippen LogP contribution in [0.3, 0.4) is 0 Å². The van der Waals surface area contributed by atoms with Gasteiger partial charge in [-0.05, 0) is 42.0 Å². The Labute approximate surface area is 181 Å². The molecule has 2 N–H and O–H groups in total. The zero-order valence-corrected chi connectivity index (χ0v) is 17.6. The minimum Gasteiger partial charge on any atom is -0.324 e. The summed E-state index contributed by atoms with van der Waals surface area (Å²) in [6.45, 7) is -0.0851. The van der Waals surface area contributed by atoms with Gasteiger partial charge in [-0.15, -0.1) is 0 Å². The van der Waals surface area contributed by atoms with Gasteiger partial charge in [0.25, 0.3) is 0 Å². The van der Waals surface area contributed by atoms with E-state index in [2.05, 4.69) is 26.6 Å². The molecule has 0 bridgehead atoms. The van der Waals surface area contributed by atoms with E-state index >= 15 is 0 Å². The van der Waals surface area contributed by atoms with Crippen LogP contribution in [0.2, 0.25) is 5.02 Å². The molecule has 1 heterocycles. The van der Waals surface area contributed by atoms with Crippen LogP contribution in [0.4, 0.5) is 16.2 Å². The van der Waals surface area contributed by atoms with Crippen molar-refractivity contribution in [2.45, 2.75) is 6.04 Å². The predicted molar refractivity (Wildman–Crippen MR) is 118 cm³/mol. The molecular weight excluding hydrogens is 454 g/mol. The van der Waals surface area contributed by atoms with Crippen LogP contribution in [0, 0.1) is 0 Å². The molecule has 29 heavy (non-hydrogen) atoms. The van der Waals surface area contributed by atoms with Gasteiger partial charge in [0.15, 0.2) is 0 Å². The number of urea groups is 1. The summed E-state index contributed by atoms with van der Waals surface area (Å²) < 4.78 is 0.864. The Morgan fingerprint density at radius 2 is 1.86 bits per heavy atom. The minimum absolute atomic E-state index is 0.0851. The van der Waals surface area contributed by atoms with E-state index in [4.69, 9.17) is 11.6 Å². The molecule has 1 atom stereocenters. The number of fused-ring (bicyclic) bond motifs is 1. The van der Waals surface area contributed by atoms with Crippen molar-refractivity contribution in [3.63, 3.8) is 0 Å². The van der Waals surface area contributed by atoms with E-state index in [-0.39, 0.29) is 18.5 Å². The highest BCUT2D eigenvalue weighted by molar-refractivity contribution is 9.10. The maximum atomic E-state index is 13.2. The molecule has 3 aromatic carbocycles. The Balaban J connectivity index is 1.79. The van der Waals surface area contributed by atoms with Gasteiger partial charge in [0, 0.05) is 26.4 Å². The molecule has 5 nitrogen and oxygen atoms in total. The second kappa shape index (κ2) is 8.27. The van der Waals surface area contributed by atoms with E-state index in [1.807, 2.05) is 48.5 Å². The van der Waals surface area contributed by atoms with Gasteiger partial charge in [-0.2, -0.15) is 0 Å². The molecule has 146 valence electrons. The van der Waals surface area contributed by atoms with Crippen molar-refractivity contribution in [2.75, 3.05) is 17.2 Å². The number of nitrogens with zero attached hydrogens (tertiary/aromatic N) is 1. The third-order valence-corrected chi connectivity index (χ3v) is 5.39. The first-order valence-electron chi connectivity index (χ1n) is 8.99. The van der Waals surface area contributed by atoms with Crippen LogP contribution in [-0.4, -0.2) is 23.4 Å². The molecule has 1 aliphatic rings. The number of carbonyl (C=O) groups excluding carboxylic acids is 2. The maximum Gasteiger partial charge on any atom is 0.323 e. The van der Waals surface area contributed by atoms with Crippen LogP contribution in [0.1, 0.15) is 17.2 Å². The summed E-state index contributed by atoms with van der Waals surface area (Å²) in [4.78, 5) is 27.3. The quantitative estimate of drug-likeness (QED) is 0.506. The Kier molecular flexibility index (Phi) is 5.56. The average Bonchev–Trinajstić information content (AvgIpc) is 2.84. The van der Waals surface area contributed by atoms with Crippen LogP contribution in [0.25, 0.3) is 0 Å². The van der Waals surface area contributed by atoms with E-state index in [9.17, 15) is 9.59 Å². The van der Waals surface area contributed by atoms with Gasteiger partial charge in [-0.3, -0.25) is 4.79 Å². The molecule has 4 rings (SSSR count). The molecule has 7 heteroatoms. The molecule has 0 saturated carbocycles. The van der Waals surface area contributed by atoms with Crippen molar-refractivity contribution >= 4 is 50.8 Å². The van der Waals surface area contributed by atoms with Crippen LogP contribution < -0.4 is 10.6 Å². The molecule has 0 saturated heterocycles. The smallest absolute Gasteiger partial charge is 0.323 e. The highest BCUT2D eigenvalue weighted by Gasteiger charge is 2.33. The zero-order valence-electron chi connectivity index (χ0n) is 15.2. The van der Waals surface area contributed by atoms with Crippen LogP contribution in [0.15, 0.2) is 77.3 Å². The number of rotatable bonds is 2. The zero-order chi connectivity index (χ0) is 20.4.